The second-order valence-corrected chi connectivity index (χ2v) is 12.5. The van der Waals surface area contributed by atoms with E-state index in [2.05, 4.69) is 15.1 Å². The van der Waals surface area contributed by atoms with Gasteiger partial charge in [0.1, 0.15) is 29.3 Å². The number of rotatable bonds is 3. The van der Waals surface area contributed by atoms with Crippen LogP contribution in [0.15, 0.2) is 53.8 Å². The van der Waals surface area contributed by atoms with E-state index in [1.807, 2.05) is 58.5 Å². The molecule has 1 unspecified atom stereocenters. The molecule has 0 saturated heterocycles. The summed E-state index contributed by atoms with van der Waals surface area (Å²) in [5.74, 6) is 2.15. The van der Waals surface area contributed by atoms with Gasteiger partial charge >= 0.3 is 0 Å². The predicted molar refractivity (Wildman–Crippen MR) is 177 cm³/mol. The lowest BCUT2D eigenvalue weighted by atomic mass is 9.98. The lowest BCUT2D eigenvalue weighted by Crippen LogP contribution is -2.42. The third kappa shape index (κ3) is 7.01. The Morgan fingerprint density at radius 3 is 2.64 bits per heavy atom. The Labute approximate surface area is 275 Å². The number of aromatic nitrogens is 6. The molecule has 5 heterocycles. The van der Waals surface area contributed by atoms with Gasteiger partial charge in [-0.1, -0.05) is 19.1 Å². The standard InChI is InChI=1S/C35H44N8O4/c1-4-30-25(2)21-29(34(45)39(30)3)35(46)42-15-6-5-14-41(33(44)27-11-12-31-37-24-38-43(31)23-27)16-8-20-47-28-10-7-9-26(22-28)32-36-13-17-40(32)18-19-42/h7,9-10,13,17,21-22,24,27H,4-6,8,11-12,14-16,18-20,23H2,1-3H3. The lowest BCUT2D eigenvalue weighted by molar-refractivity contribution is -0.137. The first-order valence-corrected chi connectivity index (χ1v) is 16.7. The van der Waals surface area contributed by atoms with Crippen molar-refractivity contribution in [3.63, 3.8) is 0 Å². The fourth-order valence-electron chi connectivity index (χ4n) is 6.87. The molecule has 4 aromatic rings. The quantitative estimate of drug-likeness (QED) is 0.336. The van der Waals surface area contributed by atoms with Crippen LogP contribution in [0.1, 0.15) is 60.0 Å². The van der Waals surface area contributed by atoms with Crippen molar-refractivity contribution in [3.8, 4) is 17.1 Å². The predicted octanol–water partition coefficient (Wildman–Crippen LogP) is 3.51. The Balaban J connectivity index is 1.25. The Morgan fingerprint density at radius 2 is 1.81 bits per heavy atom. The molecule has 248 valence electrons. The van der Waals surface area contributed by atoms with Crippen molar-refractivity contribution in [2.45, 2.75) is 65.5 Å². The van der Waals surface area contributed by atoms with Crippen LogP contribution in [0.5, 0.6) is 5.75 Å². The highest BCUT2D eigenvalue weighted by atomic mass is 16.5. The average Bonchev–Trinajstić information content (AvgIpc) is 3.76. The van der Waals surface area contributed by atoms with Gasteiger partial charge in [0.2, 0.25) is 5.91 Å². The van der Waals surface area contributed by atoms with Crippen LogP contribution in [0.3, 0.4) is 0 Å². The molecule has 47 heavy (non-hydrogen) atoms. The first-order chi connectivity index (χ1) is 22.8. The summed E-state index contributed by atoms with van der Waals surface area (Å²) in [6.07, 6.45) is 9.52. The van der Waals surface area contributed by atoms with Crippen LogP contribution in [-0.2, 0) is 37.8 Å². The van der Waals surface area contributed by atoms with Crippen molar-refractivity contribution >= 4 is 11.8 Å². The van der Waals surface area contributed by atoms with Crippen molar-refractivity contribution < 1.29 is 14.3 Å². The SMILES string of the molecule is CCc1c(C)cc(C(=O)N2CCCCN(C(=O)C3CCc4ncnn4C3)CCCOc3cccc(c3)-c3nccn3CC2)c(=O)n1C. The van der Waals surface area contributed by atoms with Gasteiger partial charge in [-0.2, -0.15) is 5.10 Å². The summed E-state index contributed by atoms with van der Waals surface area (Å²) < 4.78 is 11.6. The smallest absolute Gasteiger partial charge is 0.263 e. The molecule has 1 atom stereocenters. The van der Waals surface area contributed by atoms with Crippen LogP contribution in [0.4, 0.5) is 0 Å². The van der Waals surface area contributed by atoms with E-state index >= 15 is 0 Å². The molecule has 0 N–H and O–H groups in total. The van der Waals surface area contributed by atoms with Gasteiger partial charge in [-0.3, -0.25) is 14.4 Å². The number of ether oxygens (including phenoxy) is 1. The molecule has 12 heteroatoms. The highest BCUT2D eigenvalue weighted by molar-refractivity contribution is 5.94. The van der Waals surface area contributed by atoms with Crippen LogP contribution < -0.4 is 10.3 Å². The van der Waals surface area contributed by atoms with Gasteiger partial charge in [0, 0.05) is 69.8 Å². The third-order valence-electron chi connectivity index (χ3n) is 9.44. The molecule has 12 nitrogen and oxygen atoms in total. The van der Waals surface area contributed by atoms with Gasteiger partial charge in [-0.25, -0.2) is 14.6 Å². The maximum absolute atomic E-state index is 14.1. The highest BCUT2D eigenvalue weighted by Crippen LogP contribution is 2.24. The summed E-state index contributed by atoms with van der Waals surface area (Å²) in [5.41, 5.74) is 2.67. The summed E-state index contributed by atoms with van der Waals surface area (Å²) in [6, 6.07) is 9.59. The van der Waals surface area contributed by atoms with Crippen molar-refractivity contribution in [1.29, 1.82) is 0 Å². The van der Waals surface area contributed by atoms with Crippen LogP contribution in [0.25, 0.3) is 11.4 Å². The van der Waals surface area contributed by atoms with Gasteiger partial charge in [0.05, 0.1) is 19.1 Å². The maximum atomic E-state index is 14.1. The monoisotopic (exact) mass is 640 g/mol. The first-order valence-electron chi connectivity index (χ1n) is 16.7. The number of aryl methyl sites for hydroxylation is 2. The fraction of sp³-hybridized carbons (Fsp3) is 0.486. The number of carbonyl (C=O) groups is 2. The molecule has 3 aromatic heterocycles. The molecular formula is C35H44N8O4. The van der Waals surface area contributed by atoms with Gasteiger partial charge in [0.25, 0.3) is 11.5 Å². The third-order valence-corrected chi connectivity index (χ3v) is 9.44. The molecule has 0 fully saturated rings. The largest absolute Gasteiger partial charge is 0.494 e. The Morgan fingerprint density at radius 1 is 1.00 bits per heavy atom. The number of imidazole rings is 1. The minimum atomic E-state index is -0.277. The number of amides is 2. The zero-order valence-corrected chi connectivity index (χ0v) is 27.6. The zero-order chi connectivity index (χ0) is 32.9. The van der Waals surface area contributed by atoms with Crippen molar-refractivity contribution in [1.82, 2.24) is 38.7 Å². The number of hydrogen-bond acceptors (Lipinski definition) is 7. The van der Waals surface area contributed by atoms with E-state index in [0.717, 1.165) is 53.5 Å². The fourth-order valence-corrected chi connectivity index (χ4v) is 6.87. The van der Waals surface area contributed by atoms with Gasteiger partial charge in [-0.05, 0) is 62.8 Å². The van der Waals surface area contributed by atoms with Gasteiger partial charge in [0.15, 0.2) is 0 Å². The van der Waals surface area contributed by atoms with E-state index in [-0.39, 0.29) is 28.9 Å². The highest BCUT2D eigenvalue weighted by Gasteiger charge is 2.29. The Hall–Kier alpha value is -4.74. The van der Waals surface area contributed by atoms with E-state index in [4.69, 9.17) is 4.74 Å². The van der Waals surface area contributed by atoms with Crippen LogP contribution >= 0.6 is 0 Å². The van der Waals surface area contributed by atoms with Crippen LogP contribution in [-0.4, -0.2) is 83.3 Å². The number of nitrogens with zero attached hydrogens (tertiary/aromatic N) is 8. The average molecular weight is 641 g/mol. The number of carbonyl (C=O) groups excluding carboxylic acids is 2. The van der Waals surface area contributed by atoms with E-state index < -0.39 is 0 Å². The van der Waals surface area contributed by atoms with Crippen LogP contribution in [0, 0.1) is 12.8 Å². The van der Waals surface area contributed by atoms with Gasteiger partial charge in [-0.15, -0.1) is 0 Å². The number of pyridine rings is 1. The lowest BCUT2D eigenvalue weighted by Gasteiger charge is -2.30. The van der Waals surface area contributed by atoms with Crippen molar-refractivity contribution in [2.24, 2.45) is 13.0 Å². The van der Waals surface area contributed by atoms with Gasteiger partial charge < -0.3 is 23.7 Å². The van der Waals surface area contributed by atoms with E-state index in [9.17, 15) is 14.4 Å². The maximum Gasteiger partial charge on any atom is 0.263 e. The zero-order valence-electron chi connectivity index (χ0n) is 27.6. The molecule has 2 bridgehead atoms. The van der Waals surface area contributed by atoms with E-state index in [1.54, 1.807) is 35.1 Å². The summed E-state index contributed by atoms with van der Waals surface area (Å²) in [4.78, 5) is 53.9. The van der Waals surface area contributed by atoms with E-state index in [0.29, 0.717) is 65.1 Å². The second kappa shape index (κ2) is 14.4. The van der Waals surface area contributed by atoms with E-state index in [1.165, 1.54) is 0 Å². The molecular weight excluding hydrogens is 596 g/mol. The normalized spacial score (nSPS) is 17.7. The molecule has 1 aromatic carbocycles. The van der Waals surface area contributed by atoms with Crippen LogP contribution in [0.2, 0.25) is 0 Å². The molecule has 2 aliphatic heterocycles. The minimum absolute atomic E-state index is 0.124. The minimum Gasteiger partial charge on any atom is -0.494 e. The Kier molecular flexibility index (Phi) is 9.84. The summed E-state index contributed by atoms with van der Waals surface area (Å²) in [7, 11) is 1.74. The van der Waals surface area contributed by atoms with Crippen molar-refractivity contribution in [2.75, 3.05) is 32.8 Å². The number of hydrogen-bond donors (Lipinski definition) is 0. The van der Waals surface area contributed by atoms with Crippen molar-refractivity contribution in [3.05, 3.63) is 82.1 Å². The Bertz CT molecular complexity index is 1790. The molecule has 0 spiro atoms. The molecule has 6 rings (SSSR count). The summed E-state index contributed by atoms with van der Waals surface area (Å²) in [6.45, 7) is 7.50. The second-order valence-electron chi connectivity index (χ2n) is 12.5. The molecule has 2 aliphatic rings. The first kappa shape index (κ1) is 32.2. The molecule has 0 aliphatic carbocycles. The summed E-state index contributed by atoms with van der Waals surface area (Å²) >= 11 is 0. The topological polar surface area (TPSA) is 120 Å². The summed E-state index contributed by atoms with van der Waals surface area (Å²) in [5, 5.41) is 4.31. The molecule has 2 amide bonds. The number of fused-ring (bicyclic) bond motifs is 5. The molecule has 0 saturated carbocycles. The molecule has 0 radical (unpaired) electrons. The number of benzene rings is 1.